The highest BCUT2D eigenvalue weighted by molar-refractivity contribution is 7.90. The zero-order valence-corrected chi connectivity index (χ0v) is 11.6. The predicted octanol–water partition coefficient (Wildman–Crippen LogP) is 1.48. The molecule has 7 heteroatoms. The highest BCUT2D eigenvalue weighted by Crippen LogP contribution is 2.14. The third kappa shape index (κ3) is 2.11. The number of hydrogen-bond donors (Lipinski definition) is 1. The van der Waals surface area contributed by atoms with Gasteiger partial charge in [-0.1, -0.05) is 0 Å². The van der Waals surface area contributed by atoms with Crippen molar-refractivity contribution >= 4 is 33.0 Å². The van der Waals surface area contributed by atoms with E-state index in [1.165, 1.54) is 16.7 Å². The molecule has 0 radical (unpaired) electrons. The molecular weight excluding hydrogens is 272 g/mol. The summed E-state index contributed by atoms with van der Waals surface area (Å²) in [6.45, 7) is 2.24. The van der Waals surface area contributed by atoms with Crippen LogP contribution < -0.4 is 5.56 Å². The number of nitrogens with one attached hydrogen (secondary N) is 1. The Kier molecular flexibility index (Phi) is 3.12. The van der Waals surface area contributed by atoms with Crippen LogP contribution in [-0.2, 0) is 16.4 Å². The lowest BCUT2D eigenvalue weighted by molar-refractivity contribution is 0.602. The van der Waals surface area contributed by atoms with Crippen LogP contribution in [0, 0.1) is 4.77 Å². The maximum atomic E-state index is 12.1. The van der Waals surface area contributed by atoms with Crippen molar-refractivity contribution in [1.82, 2.24) is 9.55 Å². The zero-order chi connectivity index (χ0) is 13.5. The van der Waals surface area contributed by atoms with Crippen LogP contribution in [0.2, 0.25) is 0 Å². The minimum Gasteiger partial charge on any atom is -0.332 e. The minimum absolute atomic E-state index is 0.125. The predicted molar refractivity (Wildman–Crippen MR) is 72.2 cm³/mol. The summed E-state index contributed by atoms with van der Waals surface area (Å²) in [5.74, 6) is 0. The van der Waals surface area contributed by atoms with Crippen molar-refractivity contribution in [3.63, 3.8) is 0 Å². The van der Waals surface area contributed by atoms with Gasteiger partial charge in [0.1, 0.15) is 0 Å². The van der Waals surface area contributed by atoms with Crippen molar-refractivity contribution in [1.29, 1.82) is 0 Å². The first-order valence-electron chi connectivity index (χ1n) is 5.31. The van der Waals surface area contributed by atoms with E-state index in [0.717, 1.165) is 6.26 Å². The van der Waals surface area contributed by atoms with Crippen molar-refractivity contribution in [2.75, 3.05) is 6.26 Å². The molecule has 0 amide bonds. The molecule has 1 aromatic carbocycles. The number of H-pyrrole nitrogens is 1. The number of benzene rings is 1. The average molecular weight is 284 g/mol. The van der Waals surface area contributed by atoms with Gasteiger partial charge >= 0.3 is 0 Å². The van der Waals surface area contributed by atoms with Crippen LogP contribution in [0.25, 0.3) is 10.9 Å². The van der Waals surface area contributed by atoms with Gasteiger partial charge in [-0.05, 0) is 37.3 Å². The normalized spacial score (nSPS) is 11.9. The summed E-state index contributed by atoms with van der Waals surface area (Å²) in [6.07, 6.45) is 1.11. The SMILES string of the molecule is CCn1c(=S)[nH]c2ccc(S(C)(=O)=O)cc2c1=O. The molecule has 0 spiro atoms. The summed E-state index contributed by atoms with van der Waals surface area (Å²) in [4.78, 5) is 15.2. The molecule has 2 aromatic rings. The molecule has 0 bridgehead atoms. The standard InChI is InChI=1S/C11H12N2O3S2/c1-3-13-10(14)8-6-7(18(2,15)16)4-5-9(8)12-11(13)17/h4-6H,3H2,1-2H3,(H,12,17). The number of nitrogens with zero attached hydrogens (tertiary/aromatic N) is 1. The number of hydrogen-bond acceptors (Lipinski definition) is 4. The fourth-order valence-corrected chi connectivity index (χ4v) is 2.72. The molecule has 0 fully saturated rings. The first-order chi connectivity index (χ1) is 8.34. The Morgan fingerprint density at radius 2 is 2.06 bits per heavy atom. The molecule has 18 heavy (non-hydrogen) atoms. The molecule has 0 aliphatic carbocycles. The fraction of sp³-hybridized carbons (Fsp3) is 0.273. The van der Waals surface area contributed by atoms with Crippen LogP contribution in [0.1, 0.15) is 6.92 Å². The maximum absolute atomic E-state index is 12.1. The van der Waals surface area contributed by atoms with Gasteiger partial charge in [0.25, 0.3) is 5.56 Å². The molecule has 1 heterocycles. The van der Waals surface area contributed by atoms with E-state index in [2.05, 4.69) is 4.98 Å². The lowest BCUT2D eigenvalue weighted by Crippen LogP contribution is -2.21. The monoisotopic (exact) mass is 284 g/mol. The van der Waals surface area contributed by atoms with Gasteiger partial charge in [-0.2, -0.15) is 0 Å². The molecule has 0 aliphatic heterocycles. The average Bonchev–Trinajstić information content (AvgIpc) is 2.27. The molecule has 0 atom stereocenters. The number of aromatic nitrogens is 2. The summed E-state index contributed by atoms with van der Waals surface area (Å²) >= 11 is 5.06. The summed E-state index contributed by atoms with van der Waals surface area (Å²) in [6, 6.07) is 4.39. The van der Waals surface area contributed by atoms with Gasteiger partial charge in [-0.3, -0.25) is 9.36 Å². The number of sulfone groups is 1. The summed E-state index contributed by atoms with van der Waals surface area (Å²) in [5.41, 5.74) is 0.267. The Hall–Kier alpha value is -1.47. The van der Waals surface area contributed by atoms with E-state index in [1.54, 1.807) is 13.0 Å². The minimum atomic E-state index is -3.33. The Bertz CT molecular complexity index is 831. The Morgan fingerprint density at radius 3 is 2.61 bits per heavy atom. The molecule has 0 saturated heterocycles. The van der Waals surface area contributed by atoms with E-state index < -0.39 is 9.84 Å². The van der Waals surface area contributed by atoms with Crippen molar-refractivity contribution in [3.8, 4) is 0 Å². The lowest BCUT2D eigenvalue weighted by Gasteiger charge is -2.06. The van der Waals surface area contributed by atoms with E-state index in [1.807, 2.05) is 0 Å². The van der Waals surface area contributed by atoms with Gasteiger partial charge in [0.05, 0.1) is 15.8 Å². The van der Waals surface area contributed by atoms with E-state index in [9.17, 15) is 13.2 Å². The van der Waals surface area contributed by atoms with Crippen LogP contribution in [0.4, 0.5) is 0 Å². The van der Waals surface area contributed by atoms with Crippen molar-refractivity contribution in [3.05, 3.63) is 33.3 Å². The van der Waals surface area contributed by atoms with Crippen molar-refractivity contribution in [2.45, 2.75) is 18.4 Å². The molecule has 1 aromatic heterocycles. The highest BCUT2D eigenvalue weighted by Gasteiger charge is 2.11. The first kappa shape index (κ1) is 13.0. The molecule has 5 nitrogen and oxygen atoms in total. The molecular formula is C11H12N2O3S2. The van der Waals surface area contributed by atoms with Gasteiger partial charge in [0.15, 0.2) is 14.6 Å². The van der Waals surface area contributed by atoms with Gasteiger partial charge in [0.2, 0.25) is 0 Å². The molecule has 0 aliphatic rings. The van der Waals surface area contributed by atoms with Gasteiger partial charge in [0, 0.05) is 12.8 Å². The summed E-state index contributed by atoms with van der Waals surface area (Å²) in [5, 5.41) is 0.327. The van der Waals surface area contributed by atoms with Crippen LogP contribution in [-0.4, -0.2) is 24.2 Å². The van der Waals surface area contributed by atoms with Crippen LogP contribution in [0.15, 0.2) is 27.9 Å². The second-order valence-corrected chi connectivity index (χ2v) is 6.36. The molecule has 1 N–H and O–H groups in total. The van der Waals surface area contributed by atoms with Crippen LogP contribution in [0.5, 0.6) is 0 Å². The van der Waals surface area contributed by atoms with Gasteiger partial charge in [-0.15, -0.1) is 0 Å². The largest absolute Gasteiger partial charge is 0.332 e. The third-order valence-corrected chi connectivity index (χ3v) is 4.13. The van der Waals surface area contributed by atoms with Crippen LogP contribution in [0.3, 0.4) is 0 Å². The van der Waals surface area contributed by atoms with Crippen LogP contribution >= 0.6 is 12.2 Å². The van der Waals surface area contributed by atoms with E-state index in [-0.39, 0.29) is 10.5 Å². The first-order valence-corrected chi connectivity index (χ1v) is 7.61. The highest BCUT2D eigenvalue weighted by atomic mass is 32.2. The Morgan fingerprint density at radius 1 is 1.39 bits per heavy atom. The Balaban J connectivity index is 2.94. The third-order valence-electron chi connectivity index (χ3n) is 2.70. The number of aromatic amines is 1. The Labute approximate surface area is 109 Å². The van der Waals surface area contributed by atoms with Crippen molar-refractivity contribution in [2.24, 2.45) is 0 Å². The number of fused-ring (bicyclic) bond motifs is 1. The number of rotatable bonds is 2. The lowest BCUT2D eigenvalue weighted by atomic mass is 10.2. The second kappa shape index (κ2) is 4.33. The second-order valence-electron chi connectivity index (χ2n) is 3.96. The summed E-state index contributed by atoms with van der Waals surface area (Å²) in [7, 11) is -3.33. The van der Waals surface area contributed by atoms with E-state index >= 15 is 0 Å². The fourth-order valence-electron chi connectivity index (χ4n) is 1.75. The topological polar surface area (TPSA) is 71.9 Å². The quantitative estimate of drug-likeness (QED) is 0.848. The molecule has 0 saturated carbocycles. The van der Waals surface area contributed by atoms with E-state index in [4.69, 9.17) is 12.2 Å². The molecule has 2 rings (SSSR count). The maximum Gasteiger partial charge on any atom is 0.262 e. The van der Waals surface area contributed by atoms with Gasteiger partial charge in [-0.25, -0.2) is 8.42 Å². The van der Waals surface area contributed by atoms with E-state index in [0.29, 0.717) is 22.2 Å². The van der Waals surface area contributed by atoms with Crippen molar-refractivity contribution < 1.29 is 8.42 Å². The smallest absolute Gasteiger partial charge is 0.262 e. The zero-order valence-electron chi connectivity index (χ0n) is 9.93. The molecule has 0 unspecified atom stereocenters. The van der Waals surface area contributed by atoms with Gasteiger partial charge < -0.3 is 4.98 Å². The summed E-state index contributed by atoms with van der Waals surface area (Å²) < 4.78 is 24.7. The molecule has 96 valence electrons.